The number of carbonyl (C=O) groups excluding carboxylic acids is 4. The molecule has 3 aromatic carbocycles. The Kier molecular flexibility index (Phi) is 22.2. The minimum atomic E-state index is -0.610. The van der Waals surface area contributed by atoms with Crippen LogP contribution >= 0.6 is 11.6 Å². The number of piperazine rings is 2. The molecule has 15 nitrogen and oxygen atoms in total. The van der Waals surface area contributed by atoms with Crippen LogP contribution < -0.4 is 16.6 Å². The first-order valence-corrected chi connectivity index (χ1v) is 26.7. The van der Waals surface area contributed by atoms with Crippen LogP contribution in [0.15, 0.2) is 133 Å². The predicted molar refractivity (Wildman–Crippen MR) is 304 cm³/mol. The number of hydrogen-bond donors (Lipinski definition) is 3. The maximum absolute atomic E-state index is 15.1. The van der Waals surface area contributed by atoms with Crippen molar-refractivity contribution in [2.24, 2.45) is 11.7 Å². The summed E-state index contributed by atoms with van der Waals surface area (Å²) in [6.07, 6.45) is 14.6. The van der Waals surface area contributed by atoms with Crippen LogP contribution in [-0.2, 0) is 22.4 Å². The van der Waals surface area contributed by atoms with Crippen LogP contribution in [0.2, 0.25) is 0 Å². The van der Waals surface area contributed by atoms with E-state index in [-0.39, 0.29) is 35.9 Å². The number of H-pyrrole nitrogens is 1. The molecule has 2 aromatic heterocycles. The lowest BCUT2D eigenvalue weighted by Crippen LogP contribution is -2.53. The lowest BCUT2D eigenvalue weighted by Gasteiger charge is -2.39. The number of likely N-dealkylation sites (tertiary alicyclic amines) is 1. The Morgan fingerprint density at radius 3 is 2.16 bits per heavy atom. The van der Waals surface area contributed by atoms with E-state index >= 15 is 4.39 Å². The van der Waals surface area contributed by atoms with Gasteiger partial charge in [-0.05, 0) is 97.1 Å². The molecule has 76 heavy (non-hydrogen) atoms. The zero-order valence-corrected chi connectivity index (χ0v) is 44.9. The van der Waals surface area contributed by atoms with Crippen molar-refractivity contribution in [1.29, 1.82) is 0 Å². The SMILES string of the molecule is C=C/C=C\C(=C)/C=C/N.CCC.CCc1cccc(-c2cnc(C(=O)N3CCN(CC4CCN(CC(=O)N5CCN(C(=O)c6cc(Cc7n[nH]c(=O)c8ccccc78)ccc6F)CC5)CC4)CC3)c(NC(=O)CCl)c2)c1.[HH]. The Labute approximate surface area is 452 Å². The van der Waals surface area contributed by atoms with Crippen molar-refractivity contribution in [2.75, 3.05) is 89.7 Å². The Morgan fingerprint density at radius 1 is 0.816 bits per heavy atom. The molecular weight excluding hydrogens is 983 g/mol. The van der Waals surface area contributed by atoms with E-state index in [1.54, 1.807) is 63.4 Å². The number of allylic oxidation sites excluding steroid dienone is 5. The number of halogens is 2. The number of fused-ring (bicyclic) bond motifs is 1. The number of carbonyl (C=O) groups is 4. The summed E-state index contributed by atoms with van der Waals surface area (Å²) in [7, 11) is 0. The van der Waals surface area contributed by atoms with E-state index in [0.29, 0.717) is 85.9 Å². The number of benzene rings is 3. The average molecular weight is 1060 g/mol. The van der Waals surface area contributed by atoms with Crippen LogP contribution in [0.3, 0.4) is 0 Å². The molecule has 4 N–H and O–H groups in total. The molecule has 3 aliphatic heterocycles. The van der Waals surface area contributed by atoms with E-state index in [1.807, 2.05) is 36.4 Å². The van der Waals surface area contributed by atoms with E-state index < -0.39 is 17.6 Å². The normalized spacial score (nSPS) is 15.5. The van der Waals surface area contributed by atoms with Crippen LogP contribution in [0, 0.1) is 11.7 Å². The standard InChI is InChI=1S/C48H53ClFN9O5.C8H11N.C3H8.H2/c1-2-32-6-5-7-35(24-32)36-27-42(52-43(60)28-49)45(51-29-36)48(64)59-18-16-56(17-19-59)30-33-12-14-55(15-13-33)31-44(61)57-20-22-58(23-21-57)47(63)39-25-34(10-11-40(39)50)26-41-37-8-3-4-9-38(37)46(62)54-53-41;1-3-4-5-8(2)6-7-9;1-3-2;/h3-11,24-25,27,29,33H,2,12-23,26,28,30-31H2,1H3,(H,52,60)(H,54,62);3-7H,1-2,9H2;3H2,1-2H3;1H/b;5-4-,7-6+;;. The molecule has 8 rings (SSSR count). The van der Waals surface area contributed by atoms with Gasteiger partial charge in [0.25, 0.3) is 17.4 Å². The first-order valence-electron chi connectivity index (χ1n) is 26.2. The van der Waals surface area contributed by atoms with Crippen molar-refractivity contribution in [1.82, 2.24) is 39.7 Å². The molecule has 404 valence electrons. The molecular formula is C59H74ClFN10O5. The van der Waals surface area contributed by atoms with E-state index in [1.165, 1.54) is 24.3 Å². The number of piperidine rings is 1. The first-order chi connectivity index (χ1) is 36.8. The fourth-order valence-corrected chi connectivity index (χ4v) is 9.42. The molecule has 17 heteroatoms. The fraction of sp³-hybridized carbons (Fsp3) is 0.373. The van der Waals surface area contributed by atoms with Crippen LogP contribution in [0.1, 0.15) is 79.1 Å². The molecule has 3 aliphatic rings. The maximum Gasteiger partial charge on any atom is 0.274 e. The van der Waals surface area contributed by atoms with Gasteiger partial charge in [-0.1, -0.05) is 107 Å². The fourth-order valence-electron chi connectivity index (χ4n) is 9.36. The Hall–Kier alpha value is -7.27. The number of rotatable bonds is 15. The van der Waals surface area contributed by atoms with Crippen LogP contribution in [0.5, 0.6) is 0 Å². The smallest absolute Gasteiger partial charge is 0.274 e. The van der Waals surface area contributed by atoms with Crippen LogP contribution in [-0.4, -0.2) is 148 Å². The van der Waals surface area contributed by atoms with Crippen molar-refractivity contribution in [3.8, 4) is 11.1 Å². The number of hydrogen-bond acceptors (Lipinski definition) is 10. The highest BCUT2D eigenvalue weighted by atomic mass is 35.5. The third kappa shape index (κ3) is 16.1. The lowest BCUT2D eigenvalue weighted by atomic mass is 9.96. The molecule has 4 amide bonds. The number of amides is 4. The summed E-state index contributed by atoms with van der Waals surface area (Å²) in [6, 6.07) is 21.5. The number of aryl methyl sites for hydroxylation is 1. The Balaban J connectivity index is 0.000000757. The second kappa shape index (κ2) is 29.1. The Bertz CT molecular complexity index is 2940. The van der Waals surface area contributed by atoms with Crippen molar-refractivity contribution in [3.63, 3.8) is 0 Å². The monoisotopic (exact) mass is 1060 g/mol. The largest absolute Gasteiger partial charge is 0.405 e. The zero-order chi connectivity index (χ0) is 54.6. The van der Waals surface area contributed by atoms with Crippen molar-refractivity contribution >= 4 is 51.7 Å². The molecule has 0 aliphatic carbocycles. The Morgan fingerprint density at radius 2 is 1.49 bits per heavy atom. The van der Waals surface area contributed by atoms with E-state index in [2.05, 4.69) is 76.4 Å². The zero-order valence-electron chi connectivity index (χ0n) is 44.1. The summed E-state index contributed by atoms with van der Waals surface area (Å²) in [5, 5.41) is 10.8. The molecule has 0 unspecified atom stereocenters. The number of aromatic amines is 1. The highest BCUT2D eigenvalue weighted by Gasteiger charge is 2.31. The van der Waals surface area contributed by atoms with Crippen molar-refractivity contribution < 1.29 is 25.0 Å². The van der Waals surface area contributed by atoms with E-state index in [9.17, 15) is 24.0 Å². The summed E-state index contributed by atoms with van der Waals surface area (Å²) >= 11 is 5.82. The average Bonchev–Trinajstić information content (AvgIpc) is 3.45. The number of nitrogens with two attached hydrogens (primary N) is 1. The van der Waals surface area contributed by atoms with Gasteiger partial charge in [-0.15, -0.1) is 11.6 Å². The number of alkyl halides is 1. The molecule has 0 saturated carbocycles. The minimum Gasteiger partial charge on any atom is -0.405 e. The second-order valence-corrected chi connectivity index (χ2v) is 19.4. The minimum absolute atomic E-state index is 0. The van der Waals surface area contributed by atoms with Crippen LogP contribution in [0.25, 0.3) is 21.9 Å². The van der Waals surface area contributed by atoms with Crippen LogP contribution in [0.4, 0.5) is 10.1 Å². The number of nitrogens with one attached hydrogen (secondary N) is 2. The summed E-state index contributed by atoms with van der Waals surface area (Å²) in [4.78, 5) is 79.7. The third-order valence-electron chi connectivity index (χ3n) is 13.5. The van der Waals surface area contributed by atoms with Gasteiger partial charge in [-0.3, -0.25) is 33.8 Å². The van der Waals surface area contributed by atoms with Gasteiger partial charge >= 0.3 is 0 Å². The molecule has 0 bridgehead atoms. The molecule has 0 atom stereocenters. The van der Waals surface area contributed by atoms with Gasteiger partial charge in [-0.25, -0.2) is 14.5 Å². The summed E-state index contributed by atoms with van der Waals surface area (Å²) in [6.45, 7) is 20.3. The van der Waals surface area contributed by atoms with Gasteiger partial charge in [0, 0.05) is 83.9 Å². The third-order valence-corrected chi connectivity index (χ3v) is 13.7. The first kappa shape index (κ1) is 58.0. The predicted octanol–water partition coefficient (Wildman–Crippen LogP) is 8.33. The van der Waals surface area contributed by atoms with Crippen molar-refractivity contribution in [3.05, 3.63) is 172 Å². The number of anilines is 1. The highest BCUT2D eigenvalue weighted by Crippen LogP contribution is 2.28. The number of pyridine rings is 1. The maximum atomic E-state index is 15.1. The van der Waals surface area contributed by atoms with Gasteiger partial charge in [0.05, 0.1) is 28.9 Å². The summed E-state index contributed by atoms with van der Waals surface area (Å²) < 4.78 is 15.1. The van der Waals surface area contributed by atoms with Gasteiger partial charge in [0.1, 0.15) is 11.7 Å². The molecule has 3 fully saturated rings. The highest BCUT2D eigenvalue weighted by molar-refractivity contribution is 6.29. The summed E-state index contributed by atoms with van der Waals surface area (Å²) in [5.74, 6) is -1.39. The number of aromatic nitrogens is 3. The quantitative estimate of drug-likeness (QED) is 0.0682. The van der Waals surface area contributed by atoms with E-state index in [0.717, 1.165) is 68.7 Å². The molecule has 3 saturated heterocycles. The molecule has 0 radical (unpaired) electrons. The van der Waals surface area contributed by atoms with Gasteiger partial charge in [-0.2, -0.15) is 5.10 Å². The van der Waals surface area contributed by atoms with Gasteiger partial charge in [0.2, 0.25) is 11.8 Å². The van der Waals surface area contributed by atoms with E-state index in [4.69, 9.17) is 17.3 Å². The molecule has 5 aromatic rings. The summed E-state index contributed by atoms with van der Waals surface area (Å²) in [5.41, 5.74) is 10.5. The number of nitrogens with zero attached hydrogens (tertiary/aromatic N) is 7. The second-order valence-electron chi connectivity index (χ2n) is 19.1. The topological polar surface area (TPSA) is 181 Å². The lowest BCUT2D eigenvalue weighted by molar-refractivity contribution is -0.134. The van der Waals surface area contributed by atoms with Gasteiger partial charge < -0.3 is 25.8 Å². The molecule has 5 heterocycles. The van der Waals surface area contributed by atoms with Gasteiger partial charge in [0.15, 0.2) is 5.69 Å². The van der Waals surface area contributed by atoms with Crippen molar-refractivity contribution in [2.45, 2.75) is 52.9 Å². The molecule has 0 spiro atoms.